The van der Waals surface area contributed by atoms with Crippen LogP contribution in [0.1, 0.15) is 23.8 Å². The lowest BCUT2D eigenvalue weighted by Gasteiger charge is -2.22. The quantitative estimate of drug-likeness (QED) is 0.889. The molecular weight excluding hydrogens is 335 g/mol. The van der Waals surface area contributed by atoms with Crippen LogP contribution in [-0.4, -0.2) is 40.6 Å². The molecule has 0 aliphatic carbocycles. The summed E-state index contributed by atoms with van der Waals surface area (Å²) < 4.78 is 0. The van der Waals surface area contributed by atoms with Crippen LogP contribution in [0.4, 0.5) is 0 Å². The monoisotopic (exact) mass is 354 g/mol. The maximum absolute atomic E-state index is 12.5. The number of aromatic amines is 1. The molecule has 0 radical (unpaired) electrons. The van der Waals surface area contributed by atoms with Crippen molar-refractivity contribution in [1.29, 1.82) is 0 Å². The molecule has 1 unspecified atom stereocenters. The van der Waals surface area contributed by atoms with Crippen LogP contribution in [0.25, 0.3) is 11.3 Å². The van der Waals surface area contributed by atoms with Gasteiger partial charge in [0.2, 0.25) is 0 Å². The topological polar surface area (TPSA) is 75.0 Å². The van der Waals surface area contributed by atoms with Crippen molar-refractivity contribution in [3.8, 4) is 11.3 Å². The van der Waals surface area contributed by atoms with Crippen molar-refractivity contribution in [2.24, 2.45) is 11.1 Å². The minimum Gasteiger partial charge on any atom is -0.337 e. The summed E-state index contributed by atoms with van der Waals surface area (Å²) in [5.41, 5.74) is 7.98. The third kappa shape index (κ3) is 3.68. The highest BCUT2D eigenvalue weighted by Crippen LogP contribution is 2.29. The third-order valence-electron chi connectivity index (χ3n) is 4.29. The third-order valence-corrected chi connectivity index (χ3v) is 4.54. The molecule has 2 aromatic rings. The van der Waals surface area contributed by atoms with Gasteiger partial charge in [-0.2, -0.15) is 5.10 Å². The number of likely N-dealkylation sites (tertiary alicyclic amines) is 1. The van der Waals surface area contributed by atoms with Gasteiger partial charge in [0.15, 0.2) is 0 Å². The normalized spacial score (nSPS) is 20.4. The lowest BCUT2D eigenvalue weighted by molar-refractivity contribution is 0.0771. The summed E-state index contributed by atoms with van der Waals surface area (Å²) >= 11 is 5.88. The Labute approximate surface area is 146 Å². The summed E-state index contributed by atoms with van der Waals surface area (Å²) in [4.78, 5) is 14.4. The number of H-pyrrole nitrogens is 1. The Hall–Kier alpha value is -1.56. The smallest absolute Gasteiger partial charge is 0.271 e. The molecule has 0 saturated carbocycles. The number of carbonyl (C=O) groups is 1. The van der Waals surface area contributed by atoms with Crippen LogP contribution in [0, 0.1) is 5.41 Å². The molecule has 124 valence electrons. The molecule has 0 bridgehead atoms. The summed E-state index contributed by atoms with van der Waals surface area (Å²) in [5, 5.41) is 7.73. The number of nitrogens with two attached hydrogens (primary N) is 1. The summed E-state index contributed by atoms with van der Waals surface area (Å²) in [7, 11) is 0. The SMILES string of the molecule is CC1(CN)CCN(C(=O)c2cc(-c3ccc(Cl)cc3)n[nH]2)C1.Cl. The molecule has 23 heavy (non-hydrogen) atoms. The van der Waals surface area contributed by atoms with Gasteiger partial charge in [-0.15, -0.1) is 12.4 Å². The molecule has 5 nitrogen and oxygen atoms in total. The maximum atomic E-state index is 12.5. The van der Waals surface area contributed by atoms with Crippen molar-refractivity contribution in [2.45, 2.75) is 13.3 Å². The van der Waals surface area contributed by atoms with Crippen molar-refractivity contribution in [3.05, 3.63) is 41.0 Å². The summed E-state index contributed by atoms with van der Waals surface area (Å²) in [5.74, 6) is -0.0233. The van der Waals surface area contributed by atoms with Gasteiger partial charge in [0.25, 0.3) is 5.91 Å². The summed E-state index contributed by atoms with van der Waals surface area (Å²) in [6.07, 6.45) is 0.938. The second-order valence-corrected chi connectivity index (χ2v) is 6.60. The largest absolute Gasteiger partial charge is 0.337 e. The first-order valence-corrected chi connectivity index (χ1v) is 7.69. The van der Waals surface area contributed by atoms with Crippen LogP contribution in [0.3, 0.4) is 0 Å². The molecule has 3 rings (SSSR count). The zero-order chi connectivity index (χ0) is 15.7. The Bertz CT molecular complexity index is 686. The molecule has 0 spiro atoms. The fraction of sp³-hybridized carbons (Fsp3) is 0.375. The second-order valence-electron chi connectivity index (χ2n) is 6.17. The predicted octanol–water partition coefficient (Wildman–Crippen LogP) is 2.96. The number of amides is 1. The lowest BCUT2D eigenvalue weighted by atomic mass is 9.90. The van der Waals surface area contributed by atoms with E-state index in [2.05, 4.69) is 17.1 Å². The Morgan fingerprint density at radius 1 is 1.43 bits per heavy atom. The fourth-order valence-corrected chi connectivity index (χ4v) is 2.86. The zero-order valence-corrected chi connectivity index (χ0v) is 14.5. The molecule has 1 amide bonds. The van der Waals surface area contributed by atoms with E-state index in [4.69, 9.17) is 17.3 Å². The minimum absolute atomic E-state index is 0. The van der Waals surface area contributed by atoms with Crippen molar-refractivity contribution in [1.82, 2.24) is 15.1 Å². The van der Waals surface area contributed by atoms with E-state index in [-0.39, 0.29) is 23.7 Å². The van der Waals surface area contributed by atoms with Gasteiger partial charge in [-0.1, -0.05) is 30.7 Å². The molecule has 1 atom stereocenters. The fourth-order valence-electron chi connectivity index (χ4n) is 2.73. The van der Waals surface area contributed by atoms with E-state index in [1.165, 1.54) is 0 Å². The summed E-state index contributed by atoms with van der Waals surface area (Å²) in [6.45, 7) is 4.14. The van der Waals surface area contributed by atoms with Gasteiger partial charge < -0.3 is 10.6 Å². The van der Waals surface area contributed by atoms with E-state index < -0.39 is 0 Å². The maximum Gasteiger partial charge on any atom is 0.271 e. The van der Waals surface area contributed by atoms with E-state index in [0.29, 0.717) is 23.8 Å². The number of hydrogen-bond acceptors (Lipinski definition) is 3. The molecule has 3 N–H and O–H groups in total. The van der Waals surface area contributed by atoms with Gasteiger partial charge in [0.1, 0.15) is 5.69 Å². The minimum atomic E-state index is -0.0233. The van der Waals surface area contributed by atoms with Gasteiger partial charge in [-0.25, -0.2) is 0 Å². The molecule has 1 aliphatic heterocycles. The van der Waals surface area contributed by atoms with Gasteiger partial charge in [-0.05, 0) is 36.6 Å². The van der Waals surface area contributed by atoms with Crippen LogP contribution < -0.4 is 5.73 Å². The van der Waals surface area contributed by atoms with E-state index >= 15 is 0 Å². The van der Waals surface area contributed by atoms with Crippen LogP contribution in [-0.2, 0) is 0 Å². The van der Waals surface area contributed by atoms with Crippen molar-refractivity contribution < 1.29 is 4.79 Å². The van der Waals surface area contributed by atoms with E-state index in [9.17, 15) is 4.79 Å². The number of carbonyl (C=O) groups excluding carboxylic acids is 1. The molecule has 1 fully saturated rings. The highest BCUT2D eigenvalue weighted by atomic mass is 35.5. The predicted molar refractivity (Wildman–Crippen MR) is 94.0 cm³/mol. The highest BCUT2D eigenvalue weighted by Gasteiger charge is 2.35. The second kappa shape index (κ2) is 6.91. The number of aromatic nitrogens is 2. The van der Waals surface area contributed by atoms with Crippen LogP contribution in [0.5, 0.6) is 0 Å². The average Bonchev–Trinajstić information content (AvgIpc) is 3.15. The van der Waals surface area contributed by atoms with Gasteiger partial charge in [0, 0.05) is 23.7 Å². The van der Waals surface area contributed by atoms with Crippen LogP contribution in [0.15, 0.2) is 30.3 Å². The van der Waals surface area contributed by atoms with Crippen molar-refractivity contribution in [2.75, 3.05) is 19.6 Å². The Kier molecular flexibility index (Phi) is 5.34. The zero-order valence-electron chi connectivity index (χ0n) is 12.9. The molecule has 7 heteroatoms. The number of benzene rings is 1. The number of hydrogen-bond donors (Lipinski definition) is 2. The van der Waals surface area contributed by atoms with Crippen molar-refractivity contribution in [3.63, 3.8) is 0 Å². The van der Waals surface area contributed by atoms with Crippen molar-refractivity contribution >= 4 is 29.9 Å². The Morgan fingerprint density at radius 3 is 2.74 bits per heavy atom. The molecule has 2 heterocycles. The van der Waals surface area contributed by atoms with Gasteiger partial charge >= 0.3 is 0 Å². The first-order valence-electron chi connectivity index (χ1n) is 7.31. The number of nitrogens with zero attached hydrogens (tertiary/aromatic N) is 2. The number of halogens is 2. The standard InChI is InChI=1S/C16H19ClN4O.ClH/c1-16(9-18)6-7-21(10-16)15(22)14-8-13(19-20-14)11-2-4-12(17)5-3-11;/h2-5,8H,6-7,9-10,18H2,1H3,(H,19,20);1H. The molecule has 1 aromatic heterocycles. The Morgan fingerprint density at radius 2 is 2.13 bits per heavy atom. The Balaban J connectivity index is 0.00000192. The first-order chi connectivity index (χ1) is 10.5. The van der Waals surface area contributed by atoms with Crippen LogP contribution in [0.2, 0.25) is 5.02 Å². The van der Waals surface area contributed by atoms with Crippen LogP contribution >= 0.6 is 24.0 Å². The first kappa shape index (κ1) is 17.8. The lowest BCUT2D eigenvalue weighted by Crippen LogP contribution is -2.34. The number of nitrogens with one attached hydrogen (secondary N) is 1. The summed E-state index contributed by atoms with van der Waals surface area (Å²) in [6, 6.07) is 9.16. The average molecular weight is 355 g/mol. The molecule has 1 saturated heterocycles. The van der Waals surface area contributed by atoms with Gasteiger partial charge in [-0.3, -0.25) is 9.89 Å². The highest BCUT2D eigenvalue weighted by molar-refractivity contribution is 6.30. The molecule has 1 aliphatic rings. The van der Waals surface area contributed by atoms with E-state index in [0.717, 1.165) is 24.2 Å². The van der Waals surface area contributed by atoms with E-state index in [1.807, 2.05) is 17.0 Å². The van der Waals surface area contributed by atoms with E-state index in [1.54, 1.807) is 18.2 Å². The number of rotatable bonds is 3. The molecule has 1 aromatic carbocycles. The molecular formula is C16H20Cl2N4O. The van der Waals surface area contributed by atoms with Gasteiger partial charge in [0.05, 0.1) is 5.69 Å².